The molecule has 2 heterocycles. The highest BCUT2D eigenvalue weighted by atomic mass is 32.2. The molecule has 0 saturated heterocycles. The molecular formula is C22H20N2O4S3. The fourth-order valence-electron chi connectivity index (χ4n) is 2.97. The molecule has 2 aromatic heterocycles. The van der Waals surface area contributed by atoms with Gasteiger partial charge in [-0.05, 0) is 42.5 Å². The van der Waals surface area contributed by atoms with Gasteiger partial charge in [0.05, 0.1) is 27.9 Å². The Bertz CT molecular complexity index is 1280. The van der Waals surface area contributed by atoms with E-state index in [1.54, 1.807) is 41.1 Å². The summed E-state index contributed by atoms with van der Waals surface area (Å²) in [5.74, 6) is 1.23. The number of amides is 1. The number of sulfone groups is 1. The summed E-state index contributed by atoms with van der Waals surface area (Å²) in [6.07, 6.45) is 3.08. The zero-order valence-corrected chi connectivity index (χ0v) is 19.2. The first kappa shape index (κ1) is 21.6. The molecule has 0 radical (unpaired) electrons. The first-order valence-electron chi connectivity index (χ1n) is 9.51. The van der Waals surface area contributed by atoms with E-state index in [2.05, 4.69) is 4.98 Å². The van der Waals surface area contributed by atoms with Crippen LogP contribution >= 0.6 is 23.1 Å². The minimum absolute atomic E-state index is 0.0674. The first-order valence-corrected chi connectivity index (χ1v) is 13.2. The maximum Gasteiger partial charge on any atom is 0.230 e. The third-order valence-electron chi connectivity index (χ3n) is 4.53. The number of thioether (sulfide) groups is 1. The third-order valence-corrected chi connectivity index (χ3v) is 7.70. The van der Waals surface area contributed by atoms with E-state index in [9.17, 15) is 13.2 Å². The lowest BCUT2D eigenvalue weighted by molar-refractivity contribution is -0.118. The molecule has 0 N–H and O–H groups in total. The van der Waals surface area contributed by atoms with Gasteiger partial charge < -0.3 is 4.42 Å². The van der Waals surface area contributed by atoms with Crippen molar-refractivity contribution >= 4 is 54.2 Å². The van der Waals surface area contributed by atoms with Crippen LogP contribution in [0.1, 0.15) is 12.2 Å². The highest BCUT2D eigenvalue weighted by Gasteiger charge is 2.22. The van der Waals surface area contributed by atoms with E-state index in [-0.39, 0.29) is 17.3 Å². The number of hydrogen-bond acceptors (Lipinski definition) is 7. The Kier molecular flexibility index (Phi) is 6.45. The van der Waals surface area contributed by atoms with Gasteiger partial charge in [-0.25, -0.2) is 13.4 Å². The Hall–Kier alpha value is -2.62. The molecule has 4 rings (SSSR count). The summed E-state index contributed by atoms with van der Waals surface area (Å²) >= 11 is 2.92. The third kappa shape index (κ3) is 5.36. The molecule has 1 amide bonds. The number of thiazole rings is 1. The molecule has 4 aromatic rings. The van der Waals surface area contributed by atoms with E-state index in [0.29, 0.717) is 33.3 Å². The lowest BCUT2D eigenvalue weighted by Gasteiger charge is -2.18. The van der Waals surface area contributed by atoms with Crippen LogP contribution in [0.15, 0.2) is 81.1 Å². The zero-order valence-electron chi connectivity index (χ0n) is 16.7. The molecule has 0 fully saturated rings. The number of benzene rings is 2. The standard InChI is InChI=1S/C22H20N2O4S3/c1-31(26,27)18-9-10-19-20(14-18)30-22(23-19)24(15-16-6-5-12-28-16)21(25)11-13-29-17-7-3-2-4-8-17/h2-10,12,14H,11,13,15H2,1H3. The van der Waals surface area contributed by atoms with Gasteiger partial charge in [-0.2, -0.15) is 0 Å². The molecule has 6 nitrogen and oxygen atoms in total. The molecule has 31 heavy (non-hydrogen) atoms. The van der Waals surface area contributed by atoms with E-state index in [0.717, 1.165) is 4.90 Å². The number of fused-ring (bicyclic) bond motifs is 1. The number of aromatic nitrogens is 1. The molecule has 0 bridgehead atoms. The van der Waals surface area contributed by atoms with Gasteiger partial charge in [0.25, 0.3) is 0 Å². The van der Waals surface area contributed by atoms with Crippen molar-refractivity contribution in [2.45, 2.75) is 22.8 Å². The second-order valence-electron chi connectivity index (χ2n) is 6.87. The Morgan fingerprint density at radius 3 is 2.65 bits per heavy atom. The molecule has 0 aliphatic carbocycles. The minimum atomic E-state index is -3.32. The summed E-state index contributed by atoms with van der Waals surface area (Å²) in [4.78, 5) is 20.6. The van der Waals surface area contributed by atoms with E-state index < -0.39 is 9.84 Å². The van der Waals surface area contributed by atoms with Crippen LogP contribution < -0.4 is 4.90 Å². The fourth-order valence-corrected chi connectivity index (χ4v) is 5.57. The van der Waals surface area contributed by atoms with Crippen molar-refractivity contribution in [1.29, 1.82) is 0 Å². The molecule has 0 atom stereocenters. The van der Waals surface area contributed by atoms with Gasteiger partial charge in [-0.3, -0.25) is 9.69 Å². The van der Waals surface area contributed by atoms with Crippen LogP contribution in [0, 0.1) is 0 Å². The lowest BCUT2D eigenvalue weighted by atomic mass is 10.3. The normalized spacial score (nSPS) is 11.6. The van der Waals surface area contributed by atoms with Crippen molar-refractivity contribution in [3.05, 3.63) is 72.7 Å². The number of nitrogens with zero attached hydrogens (tertiary/aromatic N) is 2. The largest absolute Gasteiger partial charge is 0.467 e. The van der Waals surface area contributed by atoms with E-state index >= 15 is 0 Å². The van der Waals surface area contributed by atoms with E-state index in [1.807, 2.05) is 36.4 Å². The molecule has 160 valence electrons. The number of hydrogen-bond donors (Lipinski definition) is 0. The summed E-state index contributed by atoms with van der Waals surface area (Å²) in [7, 11) is -3.32. The van der Waals surface area contributed by atoms with Gasteiger partial charge >= 0.3 is 0 Å². The minimum Gasteiger partial charge on any atom is -0.467 e. The predicted molar refractivity (Wildman–Crippen MR) is 124 cm³/mol. The van der Waals surface area contributed by atoms with Crippen LogP contribution in [0.4, 0.5) is 5.13 Å². The Morgan fingerprint density at radius 1 is 1.13 bits per heavy atom. The van der Waals surface area contributed by atoms with Gasteiger partial charge in [0.2, 0.25) is 5.91 Å². The molecule has 9 heteroatoms. The van der Waals surface area contributed by atoms with Crippen LogP contribution in [-0.2, 0) is 21.2 Å². The van der Waals surface area contributed by atoms with Gasteiger partial charge in [0.1, 0.15) is 5.76 Å². The Morgan fingerprint density at radius 2 is 1.94 bits per heavy atom. The quantitative estimate of drug-likeness (QED) is 0.336. The second kappa shape index (κ2) is 9.25. The van der Waals surface area contributed by atoms with Crippen molar-refractivity contribution in [2.24, 2.45) is 0 Å². The average Bonchev–Trinajstić information content (AvgIpc) is 3.41. The van der Waals surface area contributed by atoms with Gasteiger partial charge in [-0.1, -0.05) is 29.5 Å². The molecular weight excluding hydrogens is 452 g/mol. The highest BCUT2D eigenvalue weighted by Crippen LogP contribution is 2.32. The SMILES string of the molecule is CS(=O)(=O)c1ccc2nc(N(Cc3ccco3)C(=O)CCSc3ccccc3)sc2c1. The summed E-state index contributed by atoms with van der Waals surface area (Å²) in [5, 5.41) is 0.520. The lowest BCUT2D eigenvalue weighted by Crippen LogP contribution is -2.30. The highest BCUT2D eigenvalue weighted by molar-refractivity contribution is 7.99. The maximum absolute atomic E-state index is 13.1. The summed E-state index contributed by atoms with van der Waals surface area (Å²) in [6.45, 7) is 0.264. The number of furan rings is 1. The molecule has 2 aromatic carbocycles. The van der Waals surface area contributed by atoms with Crippen LogP contribution in [0.5, 0.6) is 0 Å². The number of anilines is 1. The van der Waals surface area contributed by atoms with Crippen molar-refractivity contribution in [2.75, 3.05) is 16.9 Å². The monoisotopic (exact) mass is 472 g/mol. The molecule has 0 saturated carbocycles. The molecule has 0 aliphatic rings. The molecule has 0 aliphatic heterocycles. The smallest absolute Gasteiger partial charge is 0.230 e. The van der Waals surface area contributed by atoms with Crippen LogP contribution in [-0.4, -0.2) is 31.3 Å². The summed E-state index contributed by atoms with van der Waals surface area (Å²) in [5.41, 5.74) is 0.656. The summed E-state index contributed by atoms with van der Waals surface area (Å²) in [6, 6.07) is 18.3. The van der Waals surface area contributed by atoms with Crippen molar-refractivity contribution < 1.29 is 17.6 Å². The van der Waals surface area contributed by atoms with Gasteiger partial charge in [-0.15, -0.1) is 11.8 Å². The van der Waals surface area contributed by atoms with Crippen LogP contribution in [0.2, 0.25) is 0 Å². The predicted octanol–water partition coefficient (Wildman–Crippen LogP) is 5.01. The van der Waals surface area contributed by atoms with Crippen molar-refractivity contribution in [3.8, 4) is 0 Å². The van der Waals surface area contributed by atoms with Crippen molar-refractivity contribution in [1.82, 2.24) is 4.98 Å². The van der Waals surface area contributed by atoms with Crippen LogP contribution in [0.3, 0.4) is 0 Å². The van der Waals surface area contributed by atoms with Gasteiger partial charge in [0, 0.05) is 23.3 Å². The Balaban J connectivity index is 1.57. The topological polar surface area (TPSA) is 80.5 Å². The molecule has 0 unspecified atom stereocenters. The van der Waals surface area contributed by atoms with Crippen LogP contribution in [0.25, 0.3) is 10.2 Å². The number of rotatable bonds is 8. The average molecular weight is 473 g/mol. The number of carbonyl (C=O) groups is 1. The molecule has 0 spiro atoms. The second-order valence-corrected chi connectivity index (χ2v) is 11.1. The number of carbonyl (C=O) groups excluding carboxylic acids is 1. The Labute approximate surface area is 188 Å². The summed E-state index contributed by atoms with van der Waals surface area (Å²) < 4.78 is 29.9. The maximum atomic E-state index is 13.1. The first-order chi connectivity index (χ1) is 14.9. The van der Waals surface area contributed by atoms with Crippen molar-refractivity contribution in [3.63, 3.8) is 0 Å². The van der Waals surface area contributed by atoms with Gasteiger partial charge in [0.15, 0.2) is 15.0 Å². The van der Waals surface area contributed by atoms with E-state index in [1.165, 1.54) is 23.7 Å². The van der Waals surface area contributed by atoms with E-state index in [4.69, 9.17) is 4.42 Å². The fraction of sp³-hybridized carbons (Fsp3) is 0.182. The zero-order chi connectivity index (χ0) is 21.8.